The molecule has 0 radical (unpaired) electrons. The predicted octanol–water partition coefficient (Wildman–Crippen LogP) is 0.259. The molecule has 3 amide bonds. The van der Waals surface area contributed by atoms with E-state index in [0.29, 0.717) is 51.6 Å². The number of hydrogen-bond acceptors (Lipinski definition) is 7. The molecule has 1 aromatic heterocycles. The Balaban J connectivity index is 1.80. The van der Waals surface area contributed by atoms with Crippen molar-refractivity contribution in [3.63, 3.8) is 0 Å². The van der Waals surface area contributed by atoms with Gasteiger partial charge in [0.15, 0.2) is 0 Å². The second kappa shape index (κ2) is 15.9. The number of carbonyl (C=O) groups is 4. The minimum Gasteiger partial charge on any atom is -0.480 e. The van der Waals surface area contributed by atoms with E-state index in [1.54, 1.807) is 6.20 Å². The largest absolute Gasteiger partial charge is 0.480 e. The lowest BCUT2D eigenvalue weighted by Gasteiger charge is -2.25. The van der Waals surface area contributed by atoms with Gasteiger partial charge in [0.2, 0.25) is 17.7 Å². The van der Waals surface area contributed by atoms with Gasteiger partial charge in [0.25, 0.3) is 0 Å². The summed E-state index contributed by atoms with van der Waals surface area (Å²) in [6, 6.07) is 4.18. The number of hydrogen-bond donors (Lipinski definition) is 8. The van der Waals surface area contributed by atoms with Crippen molar-refractivity contribution in [3.8, 4) is 0 Å². The summed E-state index contributed by atoms with van der Waals surface area (Å²) >= 11 is 0. The van der Waals surface area contributed by atoms with E-state index in [4.69, 9.17) is 11.5 Å². The maximum Gasteiger partial charge on any atom is 0.326 e. The fourth-order valence-electron chi connectivity index (χ4n) is 4.97. The molecule has 2 heterocycles. The SMILES string of the molecule is NCCCCC(NC(=O)C(Cc1c[nH]c2ccccc12)NC(=O)C(CCCCN)NC(=O)C1CCCN1)C(=O)O. The number of carboxylic acid groups (broad SMARTS) is 1. The summed E-state index contributed by atoms with van der Waals surface area (Å²) in [7, 11) is 0. The van der Waals surface area contributed by atoms with Gasteiger partial charge in [-0.2, -0.15) is 0 Å². The normalized spacial score (nSPS) is 17.2. The van der Waals surface area contributed by atoms with E-state index in [-0.39, 0.29) is 24.8 Å². The third-order valence-corrected chi connectivity index (χ3v) is 7.25. The van der Waals surface area contributed by atoms with Crippen LogP contribution in [0.25, 0.3) is 10.9 Å². The number of nitrogens with two attached hydrogens (primary N) is 2. The summed E-state index contributed by atoms with van der Waals surface area (Å²) in [5.74, 6) is -2.52. The zero-order valence-corrected chi connectivity index (χ0v) is 22.9. The highest BCUT2D eigenvalue weighted by atomic mass is 16.4. The highest BCUT2D eigenvalue weighted by Gasteiger charge is 2.31. The molecule has 1 aliphatic heterocycles. The number of aromatic nitrogens is 1. The van der Waals surface area contributed by atoms with E-state index >= 15 is 0 Å². The number of benzene rings is 1. The third-order valence-electron chi connectivity index (χ3n) is 7.25. The van der Waals surface area contributed by atoms with Crippen molar-refractivity contribution < 1.29 is 24.3 Å². The number of nitrogens with one attached hydrogen (secondary N) is 5. The molecule has 0 saturated carbocycles. The smallest absolute Gasteiger partial charge is 0.326 e. The molecule has 12 nitrogen and oxygen atoms in total. The molecule has 40 heavy (non-hydrogen) atoms. The standard InChI is InChI=1S/C28H43N7O5/c29-13-5-3-10-22(33-25(36)21-12-7-15-31-21)26(37)35-24(16-18-17-32-20-9-2-1-8-19(18)20)27(38)34-23(28(39)40)11-4-6-14-30/h1-2,8-9,17,21-24,31-32H,3-7,10-16,29-30H2,(H,33,36)(H,34,38)(H,35,37)(H,39,40). The van der Waals surface area contributed by atoms with Crippen LogP contribution in [0.3, 0.4) is 0 Å². The molecule has 0 bridgehead atoms. The Bertz CT molecular complexity index is 1130. The number of fused-ring (bicyclic) bond motifs is 1. The van der Waals surface area contributed by atoms with Crippen molar-refractivity contribution in [2.45, 2.75) is 82.0 Å². The molecule has 1 saturated heterocycles. The molecule has 4 unspecified atom stereocenters. The van der Waals surface area contributed by atoms with Crippen LogP contribution in [0.1, 0.15) is 56.9 Å². The number of rotatable bonds is 17. The quantitative estimate of drug-likeness (QED) is 0.126. The van der Waals surface area contributed by atoms with Crippen LogP contribution in [0.5, 0.6) is 0 Å². The number of carboxylic acids is 1. The fourth-order valence-corrected chi connectivity index (χ4v) is 4.97. The number of carbonyl (C=O) groups excluding carboxylic acids is 3. The molecule has 0 aliphatic carbocycles. The first-order chi connectivity index (χ1) is 19.3. The van der Waals surface area contributed by atoms with Crippen LogP contribution in [-0.4, -0.2) is 77.6 Å². The summed E-state index contributed by atoms with van der Waals surface area (Å²) in [5.41, 5.74) is 12.9. The summed E-state index contributed by atoms with van der Waals surface area (Å²) < 4.78 is 0. The molecule has 1 aliphatic rings. The fraction of sp³-hybridized carbons (Fsp3) is 0.571. The first-order valence-electron chi connectivity index (χ1n) is 14.2. The van der Waals surface area contributed by atoms with Gasteiger partial charge in [-0.1, -0.05) is 18.2 Å². The zero-order valence-electron chi connectivity index (χ0n) is 22.9. The number of unbranched alkanes of at least 4 members (excludes halogenated alkanes) is 2. The summed E-state index contributed by atoms with van der Waals surface area (Å²) in [4.78, 5) is 54.9. The van der Waals surface area contributed by atoms with E-state index in [9.17, 15) is 24.3 Å². The van der Waals surface area contributed by atoms with Gasteiger partial charge in [-0.15, -0.1) is 0 Å². The summed E-state index contributed by atoms with van der Waals surface area (Å²) in [5, 5.41) is 22.0. The van der Waals surface area contributed by atoms with Gasteiger partial charge in [-0.3, -0.25) is 14.4 Å². The van der Waals surface area contributed by atoms with Gasteiger partial charge in [-0.25, -0.2) is 4.79 Å². The Morgan fingerprint density at radius 1 is 0.900 bits per heavy atom. The molecule has 12 heteroatoms. The molecule has 220 valence electrons. The second-order valence-electron chi connectivity index (χ2n) is 10.3. The van der Waals surface area contributed by atoms with Crippen LogP contribution in [0.15, 0.2) is 30.5 Å². The third kappa shape index (κ3) is 9.04. The Labute approximate surface area is 234 Å². The van der Waals surface area contributed by atoms with E-state index in [2.05, 4.69) is 26.3 Å². The van der Waals surface area contributed by atoms with E-state index in [1.807, 2.05) is 24.3 Å². The topological polar surface area (TPSA) is 204 Å². The monoisotopic (exact) mass is 557 g/mol. The van der Waals surface area contributed by atoms with Crippen LogP contribution < -0.4 is 32.7 Å². The molecule has 2 aromatic rings. The van der Waals surface area contributed by atoms with Crippen LogP contribution in [0, 0.1) is 0 Å². The molecule has 4 atom stereocenters. The van der Waals surface area contributed by atoms with Crippen molar-refractivity contribution in [2.75, 3.05) is 19.6 Å². The van der Waals surface area contributed by atoms with Crippen molar-refractivity contribution in [1.29, 1.82) is 0 Å². The van der Waals surface area contributed by atoms with Crippen LogP contribution in [-0.2, 0) is 25.6 Å². The molecule has 0 spiro atoms. The maximum atomic E-state index is 13.5. The average Bonchev–Trinajstić information content (AvgIpc) is 3.62. The number of para-hydroxylation sites is 1. The Kier molecular flexibility index (Phi) is 12.4. The highest BCUT2D eigenvalue weighted by Crippen LogP contribution is 2.19. The Morgan fingerprint density at radius 3 is 2.20 bits per heavy atom. The molecule has 1 aromatic carbocycles. The van der Waals surface area contributed by atoms with E-state index in [1.165, 1.54) is 0 Å². The van der Waals surface area contributed by atoms with Crippen molar-refractivity contribution in [2.24, 2.45) is 11.5 Å². The molecule has 1 fully saturated rings. The minimum atomic E-state index is -1.15. The van der Waals surface area contributed by atoms with Gasteiger partial charge >= 0.3 is 5.97 Å². The summed E-state index contributed by atoms with van der Waals surface area (Å²) in [6.45, 7) is 1.62. The molecular formula is C28H43N7O5. The van der Waals surface area contributed by atoms with Crippen molar-refractivity contribution >= 4 is 34.6 Å². The predicted molar refractivity (Wildman–Crippen MR) is 152 cm³/mol. The van der Waals surface area contributed by atoms with Gasteiger partial charge < -0.3 is 42.8 Å². The number of H-pyrrole nitrogens is 1. The maximum absolute atomic E-state index is 13.5. The van der Waals surface area contributed by atoms with Gasteiger partial charge in [0.05, 0.1) is 6.04 Å². The first-order valence-corrected chi connectivity index (χ1v) is 14.2. The van der Waals surface area contributed by atoms with Gasteiger partial charge in [0, 0.05) is 23.5 Å². The van der Waals surface area contributed by atoms with Gasteiger partial charge in [-0.05, 0) is 82.6 Å². The van der Waals surface area contributed by atoms with Crippen molar-refractivity contribution in [1.82, 2.24) is 26.3 Å². The van der Waals surface area contributed by atoms with Crippen LogP contribution >= 0.6 is 0 Å². The second-order valence-corrected chi connectivity index (χ2v) is 10.3. The van der Waals surface area contributed by atoms with Gasteiger partial charge in [0.1, 0.15) is 18.1 Å². The number of aliphatic carboxylic acids is 1. The Hall–Kier alpha value is -3.48. The zero-order chi connectivity index (χ0) is 28.9. The molecule has 3 rings (SSSR count). The lowest BCUT2D eigenvalue weighted by Crippen LogP contribution is -2.57. The lowest BCUT2D eigenvalue weighted by atomic mass is 10.0. The lowest BCUT2D eigenvalue weighted by molar-refractivity contribution is -0.142. The van der Waals surface area contributed by atoms with E-state index < -0.39 is 35.9 Å². The van der Waals surface area contributed by atoms with Crippen LogP contribution in [0.4, 0.5) is 0 Å². The number of amides is 3. The van der Waals surface area contributed by atoms with E-state index in [0.717, 1.165) is 29.4 Å². The number of aromatic amines is 1. The molecule has 10 N–H and O–H groups in total. The van der Waals surface area contributed by atoms with Crippen molar-refractivity contribution in [3.05, 3.63) is 36.0 Å². The summed E-state index contributed by atoms with van der Waals surface area (Å²) in [6.07, 6.45) is 6.53. The minimum absolute atomic E-state index is 0.129. The Morgan fingerprint density at radius 2 is 1.55 bits per heavy atom. The first kappa shape index (κ1) is 31.1. The van der Waals surface area contributed by atoms with Crippen LogP contribution in [0.2, 0.25) is 0 Å². The molecular weight excluding hydrogens is 514 g/mol. The average molecular weight is 558 g/mol. The highest BCUT2D eigenvalue weighted by molar-refractivity contribution is 5.95.